The Morgan fingerprint density at radius 2 is 2.00 bits per heavy atom. The zero-order valence-corrected chi connectivity index (χ0v) is 17.2. The molecule has 1 aliphatic heterocycles. The summed E-state index contributed by atoms with van der Waals surface area (Å²) in [4.78, 5) is 21.2. The molecule has 0 radical (unpaired) electrons. The van der Waals surface area contributed by atoms with Crippen molar-refractivity contribution in [1.82, 2.24) is 29.9 Å². The molecule has 3 rings (SSSR count). The van der Waals surface area contributed by atoms with Crippen LogP contribution in [0.5, 0.6) is 0 Å². The van der Waals surface area contributed by atoms with Crippen molar-refractivity contribution in [3.8, 4) is 0 Å². The Balaban J connectivity index is 1.42. The van der Waals surface area contributed by atoms with E-state index < -0.39 is 0 Å². The van der Waals surface area contributed by atoms with Crippen molar-refractivity contribution < 1.29 is 4.79 Å². The van der Waals surface area contributed by atoms with Gasteiger partial charge in [-0.2, -0.15) is 5.10 Å². The van der Waals surface area contributed by atoms with E-state index in [2.05, 4.69) is 50.6 Å². The third-order valence-electron chi connectivity index (χ3n) is 5.51. The number of rotatable bonds is 7. The SMILES string of the molecule is CCn1ncnc1C(C)NC(=O)N(C)CC1CCN(Cc2ccccc2)CC1. The first-order chi connectivity index (χ1) is 13.6. The number of amides is 2. The Morgan fingerprint density at radius 3 is 2.68 bits per heavy atom. The quantitative estimate of drug-likeness (QED) is 0.797. The second-order valence-corrected chi connectivity index (χ2v) is 7.69. The smallest absolute Gasteiger partial charge is 0.317 e. The lowest BCUT2D eigenvalue weighted by Gasteiger charge is -2.34. The molecule has 0 spiro atoms. The second-order valence-electron chi connectivity index (χ2n) is 7.69. The molecule has 1 aliphatic rings. The number of hydrogen-bond acceptors (Lipinski definition) is 4. The van der Waals surface area contributed by atoms with E-state index in [4.69, 9.17) is 0 Å². The number of carbonyl (C=O) groups is 1. The Hall–Kier alpha value is -2.41. The summed E-state index contributed by atoms with van der Waals surface area (Å²) < 4.78 is 1.81. The van der Waals surface area contributed by atoms with E-state index >= 15 is 0 Å². The number of nitrogens with zero attached hydrogens (tertiary/aromatic N) is 5. The molecule has 1 N–H and O–H groups in total. The van der Waals surface area contributed by atoms with Gasteiger partial charge in [-0.25, -0.2) is 14.5 Å². The number of nitrogens with one attached hydrogen (secondary N) is 1. The molecular formula is C21H32N6O. The molecule has 7 nitrogen and oxygen atoms in total. The number of hydrogen-bond donors (Lipinski definition) is 1. The molecule has 2 amide bonds. The van der Waals surface area contributed by atoms with Crippen molar-refractivity contribution in [2.75, 3.05) is 26.7 Å². The van der Waals surface area contributed by atoms with Crippen LogP contribution < -0.4 is 5.32 Å². The molecule has 0 bridgehead atoms. The van der Waals surface area contributed by atoms with E-state index in [9.17, 15) is 4.79 Å². The molecule has 2 aromatic rings. The summed E-state index contributed by atoms with van der Waals surface area (Å²) >= 11 is 0. The van der Waals surface area contributed by atoms with Gasteiger partial charge in [-0.3, -0.25) is 4.90 Å². The Labute approximate surface area is 167 Å². The topological polar surface area (TPSA) is 66.3 Å². The highest BCUT2D eigenvalue weighted by Crippen LogP contribution is 2.20. The van der Waals surface area contributed by atoms with Gasteiger partial charge in [0.25, 0.3) is 0 Å². The van der Waals surface area contributed by atoms with Crippen LogP contribution in [0.4, 0.5) is 4.79 Å². The zero-order valence-electron chi connectivity index (χ0n) is 17.2. The van der Waals surface area contributed by atoms with E-state index in [-0.39, 0.29) is 12.1 Å². The van der Waals surface area contributed by atoms with Crippen molar-refractivity contribution in [3.05, 3.63) is 48.0 Å². The van der Waals surface area contributed by atoms with E-state index in [1.54, 1.807) is 4.90 Å². The van der Waals surface area contributed by atoms with E-state index in [0.29, 0.717) is 5.92 Å². The minimum absolute atomic E-state index is 0.0510. The summed E-state index contributed by atoms with van der Waals surface area (Å²) in [6.45, 7) is 8.69. The van der Waals surface area contributed by atoms with Crippen molar-refractivity contribution in [3.63, 3.8) is 0 Å². The summed E-state index contributed by atoms with van der Waals surface area (Å²) in [6, 6.07) is 10.4. The first-order valence-electron chi connectivity index (χ1n) is 10.2. The minimum Gasteiger partial charge on any atom is -0.328 e. The van der Waals surface area contributed by atoms with Gasteiger partial charge >= 0.3 is 6.03 Å². The largest absolute Gasteiger partial charge is 0.328 e. The van der Waals surface area contributed by atoms with Gasteiger partial charge in [0.15, 0.2) is 0 Å². The van der Waals surface area contributed by atoms with Gasteiger partial charge in [0.1, 0.15) is 12.2 Å². The van der Waals surface area contributed by atoms with Gasteiger partial charge in [-0.05, 0) is 51.3 Å². The number of piperidine rings is 1. The fourth-order valence-corrected chi connectivity index (χ4v) is 3.85. The van der Waals surface area contributed by atoms with Crippen LogP contribution in [0.25, 0.3) is 0 Å². The molecule has 152 valence electrons. The van der Waals surface area contributed by atoms with E-state index in [1.165, 1.54) is 11.9 Å². The fraction of sp³-hybridized carbons (Fsp3) is 0.571. The first-order valence-corrected chi connectivity index (χ1v) is 10.2. The first kappa shape index (κ1) is 20.3. The minimum atomic E-state index is -0.162. The molecule has 28 heavy (non-hydrogen) atoms. The Morgan fingerprint density at radius 1 is 1.29 bits per heavy atom. The van der Waals surface area contributed by atoms with Crippen LogP contribution in [0.15, 0.2) is 36.7 Å². The van der Waals surface area contributed by atoms with Crippen LogP contribution in [0, 0.1) is 5.92 Å². The van der Waals surface area contributed by atoms with Crippen LogP contribution in [0.1, 0.15) is 44.1 Å². The molecule has 1 aromatic heterocycles. The second kappa shape index (κ2) is 9.68. The lowest BCUT2D eigenvalue weighted by molar-refractivity contribution is 0.149. The van der Waals surface area contributed by atoms with Gasteiger partial charge in [-0.1, -0.05) is 30.3 Å². The average molecular weight is 385 g/mol. The van der Waals surface area contributed by atoms with Crippen LogP contribution in [0.3, 0.4) is 0 Å². The maximum atomic E-state index is 12.6. The summed E-state index contributed by atoms with van der Waals surface area (Å²) in [5, 5.41) is 7.22. The number of aromatic nitrogens is 3. The molecule has 1 saturated heterocycles. The highest BCUT2D eigenvalue weighted by atomic mass is 16.2. The van der Waals surface area contributed by atoms with Gasteiger partial charge in [0.2, 0.25) is 0 Å². The molecule has 1 unspecified atom stereocenters. The van der Waals surface area contributed by atoms with Crippen molar-refractivity contribution in [1.29, 1.82) is 0 Å². The molecule has 1 aromatic carbocycles. The fourth-order valence-electron chi connectivity index (χ4n) is 3.85. The van der Waals surface area contributed by atoms with Gasteiger partial charge in [0, 0.05) is 26.7 Å². The maximum absolute atomic E-state index is 12.6. The molecular weight excluding hydrogens is 352 g/mol. The van der Waals surface area contributed by atoms with Crippen LogP contribution in [-0.4, -0.2) is 57.3 Å². The van der Waals surface area contributed by atoms with Crippen molar-refractivity contribution in [2.24, 2.45) is 5.92 Å². The van der Waals surface area contributed by atoms with E-state index in [0.717, 1.165) is 51.4 Å². The highest BCUT2D eigenvalue weighted by molar-refractivity contribution is 5.74. The monoisotopic (exact) mass is 384 g/mol. The summed E-state index contributed by atoms with van der Waals surface area (Å²) in [5.74, 6) is 1.34. The third-order valence-corrected chi connectivity index (χ3v) is 5.51. The lowest BCUT2D eigenvalue weighted by Crippen LogP contribution is -2.43. The summed E-state index contributed by atoms with van der Waals surface area (Å²) in [6.07, 6.45) is 3.79. The molecule has 0 saturated carbocycles. The van der Waals surface area contributed by atoms with Crippen molar-refractivity contribution in [2.45, 2.75) is 45.8 Å². The predicted molar refractivity (Wildman–Crippen MR) is 110 cm³/mol. The van der Waals surface area contributed by atoms with Gasteiger partial charge in [0.05, 0.1) is 6.04 Å². The van der Waals surface area contributed by atoms with Gasteiger partial charge < -0.3 is 10.2 Å². The summed E-state index contributed by atoms with van der Waals surface area (Å²) in [7, 11) is 1.88. The number of carbonyl (C=O) groups excluding carboxylic acids is 1. The normalized spacial score (nSPS) is 16.7. The lowest BCUT2D eigenvalue weighted by atomic mass is 9.96. The molecule has 1 atom stereocenters. The van der Waals surface area contributed by atoms with Gasteiger partial charge in [-0.15, -0.1) is 0 Å². The van der Waals surface area contributed by atoms with Crippen molar-refractivity contribution >= 4 is 6.03 Å². The number of benzene rings is 1. The third kappa shape index (κ3) is 5.32. The molecule has 2 heterocycles. The number of aryl methyl sites for hydroxylation is 1. The predicted octanol–water partition coefficient (Wildman–Crippen LogP) is 2.91. The average Bonchev–Trinajstić information content (AvgIpc) is 3.19. The van der Waals surface area contributed by atoms with Crippen LogP contribution in [-0.2, 0) is 13.1 Å². The number of urea groups is 1. The van der Waals surface area contributed by atoms with Crippen LogP contribution in [0.2, 0.25) is 0 Å². The molecule has 0 aliphatic carbocycles. The van der Waals surface area contributed by atoms with E-state index in [1.807, 2.05) is 25.6 Å². The molecule has 7 heteroatoms. The Kier molecular flexibility index (Phi) is 7.03. The summed E-state index contributed by atoms with van der Waals surface area (Å²) in [5.41, 5.74) is 1.37. The Bertz CT molecular complexity index is 738. The number of likely N-dealkylation sites (tertiary alicyclic amines) is 1. The zero-order chi connectivity index (χ0) is 19.9. The van der Waals surface area contributed by atoms with Crippen LogP contribution >= 0.6 is 0 Å². The standard InChI is InChI=1S/C21H32N6O/c1-4-27-20(22-16-23-27)17(2)24-21(28)25(3)14-19-10-12-26(13-11-19)15-18-8-6-5-7-9-18/h5-9,16-17,19H,4,10-15H2,1-3H3,(H,24,28). The maximum Gasteiger partial charge on any atom is 0.317 e. The highest BCUT2D eigenvalue weighted by Gasteiger charge is 2.23. The molecule has 1 fully saturated rings.